The van der Waals surface area contributed by atoms with Gasteiger partial charge in [0.15, 0.2) is 0 Å². The Morgan fingerprint density at radius 3 is 2.30 bits per heavy atom. The largest absolute Gasteiger partial charge is 0.353 e. The summed E-state index contributed by atoms with van der Waals surface area (Å²) in [6.45, 7) is 2.36. The Kier molecular flexibility index (Phi) is 5.42. The Balaban J connectivity index is 2.01. The van der Waals surface area contributed by atoms with Crippen LogP contribution in [0, 0.1) is 12.3 Å². The molecule has 1 aromatic rings. The van der Waals surface area contributed by atoms with Crippen molar-refractivity contribution in [2.24, 2.45) is 11.1 Å². The zero-order valence-corrected chi connectivity index (χ0v) is 14.3. The molecule has 0 spiro atoms. The Morgan fingerprint density at radius 1 is 1.22 bits per heavy atom. The lowest BCUT2D eigenvalue weighted by Crippen LogP contribution is -2.48. The molecular formula is C18H27N3O2. The number of nitrogens with zero attached hydrogens (tertiary/aromatic N) is 1. The third-order valence-corrected chi connectivity index (χ3v) is 4.74. The zero-order valence-electron chi connectivity index (χ0n) is 14.3. The van der Waals surface area contributed by atoms with Crippen molar-refractivity contribution in [2.75, 3.05) is 20.6 Å². The third-order valence-electron chi connectivity index (χ3n) is 4.74. The number of carbonyl (C=O) groups is 2. The van der Waals surface area contributed by atoms with Gasteiger partial charge in [-0.05, 0) is 25.3 Å². The van der Waals surface area contributed by atoms with E-state index < -0.39 is 11.5 Å². The number of hydrogen-bond donors (Lipinski definition) is 2. The van der Waals surface area contributed by atoms with Crippen LogP contribution in [-0.4, -0.2) is 37.4 Å². The topological polar surface area (TPSA) is 75.4 Å². The maximum absolute atomic E-state index is 12.5. The number of aryl methyl sites for hydroxylation is 1. The standard InChI is InChI=1S/C18H27N3O2/c1-13-6-8-14(9-7-13)15(19)16(22)20-12-18(10-4-5-11-18)17(23)21(2)3/h6-9,15H,4-5,10-12,19H2,1-3H3,(H,20,22). The Bertz CT molecular complexity index is 560. The van der Waals surface area contributed by atoms with Crippen molar-refractivity contribution in [1.29, 1.82) is 0 Å². The summed E-state index contributed by atoms with van der Waals surface area (Å²) in [4.78, 5) is 26.5. The van der Waals surface area contributed by atoms with Gasteiger partial charge < -0.3 is 16.0 Å². The summed E-state index contributed by atoms with van der Waals surface area (Å²) >= 11 is 0. The molecular weight excluding hydrogens is 290 g/mol. The first-order chi connectivity index (χ1) is 10.9. The van der Waals surface area contributed by atoms with Crippen LogP contribution in [0.2, 0.25) is 0 Å². The van der Waals surface area contributed by atoms with E-state index in [1.165, 1.54) is 0 Å². The van der Waals surface area contributed by atoms with Crippen LogP contribution in [0.4, 0.5) is 0 Å². The Hall–Kier alpha value is -1.88. The molecule has 23 heavy (non-hydrogen) atoms. The minimum atomic E-state index is -0.705. The van der Waals surface area contributed by atoms with Gasteiger partial charge in [-0.25, -0.2) is 0 Å². The highest BCUT2D eigenvalue weighted by atomic mass is 16.2. The predicted molar refractivity (Wildman–Crippen MR) is 90.7 cm³/mol. The highest BCUT2D eigenvalue weighted by molar-refractivity contribution is 5.86. The van der Waals surface area contributed by atoms with E-state index in [1.54, 1.807) is 19.0 Å². The molecule has 1 aliphatic rings. The highest BCUT2D eigenvalue weighted by Crippen LogP contribution is 2.39. The van der Waals surface area contributed by atoms with Crippen LogP contribution in [0.1, 0.15) is 42.9 Å². The number of rotatable bonds is 5. The molecule has 0 bridgehead atoms. The number of hydrogen-bond acceptors (Lipinski definition) is 3. The molecule has 0 radical (unpaired) electrons. The Morgan fingerprint density at radius 2 is 1.78 bits per heavy atom. The molecule has 2 rings (SSSR count). The molecule has 1 aliphatic carbocycles. The molecule has 1 unspecified atom stereocenters. The van der Waals surface area contributed by atoms with Crippen molar-refractivity contribution < 1.29 is 9.59 Å². The second kappa shape index (κ2) is 7.13. The van der Waals surface area contributed by atoms with Gasteiger partial charge in [0.05, 0.1) is 5.41 Å². The maximum atomic E-state index is 12.5. The number of nitrogens with one attached hydrogen (secondary N) is 1. The van der Waals surface area contributed by atoms with Crippen molar-refractivity contribution in [2.45, 2.75) is 38.6 Å². The second-order valence-electron chi connectivity index (χ2n) is 6.79. The number of nitrogens with two attached hydrogens (primary N) is 1. The van der Waals surface area contributed by atoms with Crippen molar-refractivity contribution in [1.82, 2.24) is 10.2 Å². The first-order valence-electron chi connectivity index (χ1n) is 8.17. The molecule has 0 aliphatic heterocycles. The van der Waals surface area contributed by atoms with Crippen LogP contribution in [0.5, 0.6) is 0 Å². The molecule has 5 heteroatoms. The summed E-state index contributed by atoms with van der Waals surface area (Å²) in [6, 6.07) is 6.92. The molecule has 126 valence electrons. The summed E-state index contributed by atoms with van der Waals surface area (Å²) in [5.74, 6) is -0.133. The van der Waals surface area contributed by atoms with E-state index in [1.807, 2.05) is 31.2 Å². The lowest BCUT2D eigenvalue weighted by Gasteiger charge is -2.31. The van der Waals surface area contributed by atoms with Gasteiger partial charge >= 0.3 is 0 Å². The monoisotopic (exact) mass is 317 g/mol. The van der Waals surface area contributed by atoms with Crippen molar-refractivity contribution in [3.05, 3.63) is 35.4 Å². The number of benzene rings is 1. The van der Waals surface area contributed by atoms with E-state index in [-0.39, 0.29) is 11.8 Å². The SMILES string of the molecule is Cc1ccc(C(N)C(=O)NCC2(C(=O)N(C)C)CCCC2)cc1. The lowest BCUT2D eigenvalue weighted by molar-refractivity contribution is -0.139. The van der Waals surface area contributed by atoms with Crippen molar-refractivity contribution in [3.63, 3.8) is 0 Å². The summed E-state index contributed by atoms with van der Waals surface area (Å²) in [5.41, 5.74) is 7.49. The molecule has 0 heterocycles. The quantitative estimate of drug-likeness (QED) is 0.869. The van der Waals surface area contributed by atoms with Gasteiger partial charge in [-0.15, -0.1) is 0 Å². The van der Waals surface area contributed by atoms with Gasteiger partial charge in [0.1, 0.15) is 6.04 Å². The Labute approximate surface area is 138 Å². The molecule has 1 fully saturated rings. The summed E-state index contributed by atoms with van der Waals surface area (Å²) < 4.78 is 0. The van der Waals surface area contributed by atoms with Crippen LogP contribution in [0.15, 0.2) is 24.3 Å². The van der Waals surface area contributed by atoms with Crippen LogP contribution in [-0.2, 0) is 9.59 Å². The summed E-state index contributed by atoms with van der Waals surface area (Å²) in [7, 11) is 3.53. The molecule has 1 atom stereocenters. The first kappa shape index (κ1) is 17.5. The van der Waals surface area contributed by atoms with Crippen molar-refractivity contribution in [3.8, 4) is 0 Å². The first-order valence-corrected chi connectivity index (χ1v) is 8.17. The summed E-state index contributed by atoms with van der Waals surface area (Å²) in [6.07, 6.45) is 3.70. The number of amides is 2. The average molecular weight is 317 g/mol. The van der Waals surface area contributed by atoms with Gasteiger partial charge in [0.25, 0.3) is 0 Å². The van der Waals surface area contributed by atoms with Gasteiger partial charge in [-0.2, -0.15) is 0 Å². The summed E-state index contributed by atoms with van der Waals surface area (Å²) in [5, 5.41) is 2.90. The van der Waals surface area contributed by atoms with Crippen molar-refractivity contribution >= 4 is 11.8 Å². The minimum Gasteiger partial charge on any atom is -0.353 e. The lowest BCUT2D eigenvalue weighted by atomic mass is 9.84. The van der Waals surface area contributed by atoms with Crippen LogP contribution >= 0.6 is 0 Å². The van der Waals surface area contributed by atoms with Gasteiger partial charge in [-0.3, -0.25) is 9.59 Å². The molecule has 1 saturated carbocycles. The third kappa shape index (κ3) is 3.91. The zero-order chi connectivity index (χ0) is 17.0. The molecule has 0 aromatic heterocycles. The average Bonchev–Trinajstić information content (AvgIpc) is 3.02. The van der Waals surface area contributed by atoms with Gasteiger partial charge in [-0.1, -0.05) is 42.7 Å². The number of carbonyl (C=O) groups excluding carboxylic acids is 2. The second-order valence-corrected chi connectivity index (χ2v) is 6.79. The van der Waals surface area contributed by atoms with Gasteiger partial charge in [0.2, 0.25) is 11.8 Å². The van der Waals surface area contributed by atoms with E-state index >= 15 is 0 Å². The van der Waals surface area contributed by atoms with E-state index in [0.29, 0.717) is 6.54 Å². The predicted octanol–water partition coefficient (Wildman–Crippen LogP) is 1.76. The smallest absolute Gasteiger partial charge is 0.241 e. The fourth-order valence-electron chi connectivity index (χ4n) is 3.28. The van der Waals surface area contributed by atoms with E-state index in [9.17, 15) is 9.59 Å². The molecule has 2 amide bonds. The van der Waals surface area contributed by atoms with E-state index in [0.717, 1.165) is 36.8 Å². The van der Waals surface area contributed by atoms with E-state index in [2.05, 4.69) is 5.32 Å². The maximum Gasteiger partial charge on any atom is 0.241 e. The molecule has 0 saturated heterocycles. The van der Waals surface area contributed by atoms with E-state index in [4.69, 9.17) is 5.73 Å². The molecule has 3 N–H and O–H groups in total. The van der Waals surface area contributed by atoms with Crippen LogP contribution in [0.3, 0.4) is 0 Å². The van der Waals surface area contributed by atoms with Crippen LogP contribution in [0.25, 0.3) is 0 Å². The molecule has 1 aromatic carbocycles. The minimum absolute atomic E-state index is 0.0965. The van der Waals surface area contributed by atoms with Crippen LogP contribution < -0.4 is 11.1 Å². The molecule has 5 nitrogen and oxygen atoms in total. The fraction of sp³-hybridized carbons (Fsp3) is 0.556. The van der Waals surface area contributed by atoms with Gasteiger partial charge in [0, 0.05) is 20.6 Å². The normalized spacial score (nSPS) is 17.6. The fourth-order valence-corrected chi connectivity index (χ4v) is 3.28. The highest BCUT2D eigenvalue weighted by Gasteiger charge is 2.42.